The Hall–Kier alpha value is -1.14. The van der Waals surface area contributed by atoms with Gasteiger partial charge in [0.15, 0.2) is 13.6 Å². The van der Waals surface area contributed by atoms with Gasteiger partial charge in [0, 0.05) is 12.8 Å². The van der Waals surface area contributed by atoms with Crippen molar-refractivity contribution in [3.63, 3.8) is 0 Å². The number of carbonyl (C=O) groups is 2. The summed E-state index contributed by atoms with van der Waals surface area (Å²) in [6, 6.07) is 0. The Kier molecular flexibility index (Phi) is 13.5. The number of aliphatic hydroxyl groups excluding tert-OH is 2. The van der Waals surface area contributed by atoms with Crippen molar-refractivity contribution in [2.24, 2.45) is 0 Å². The molecule has 1 saturated carbocycles. The summed E-state index contributed by atoms with van der Waals surface area (Å²) in [6.07, 6.45) is 10.3. The van der Waals surface area contributed by atoms with Gasteiger partial charge in [0.25, 0.3) is 0 Å². The van der Waals surface area contributed by atoms with Crippen LogP contribution in [0.4, 0.5) is 0 Å². The van der Waals surface area contributed by atoms with Gasteiger partial charge in [-0.3, -0.25) is 9.59 Å². The molecule has 0 spiro atoms. The van der Waals surface area contributed by atoms with Gasteiger partial charge in [-0.05, 0) is 12.8 Å². The fraction of sp³-hybridized carbons (Fsp3) is 0.857. The second-order valence-corrected chi connectivity index (χ2v) is 4.62. The quantitative estimate of drug-likeness (QED) is 0.422. The summed E-state index contributed by atoms with van der Waals surface area (Å²) in [5.41, 5.74) is 0. The Labute approximate surface area is 120 Å². The maximum atomic E-state index is 10.7. The number of unbranched alkanes of at least 4 members (excludes halogenated alkanes) is 1. The third-order valence-corrected chi connectivity index (χ3v) is 2.96. The highest BCUT2D eigenvalue weighted by atomic mass is 16.6. The molecule has 1 aliphatic rings. The third-order valence-electron chi connectivity index (χ3n) is 2.96. The van der Waals surface area contributed by atoms with Crippen LogP contribution >= 0.6 is 0 Å². The van der Waals surface area contributed by atoms with E-state index in [2.05, 4.69) is 9.47 Å². The van der Waals surface area contributed by atoms with Crippen LogP contribution in [-0.4, -0.2) is 35.7 Å². The lowest BCUT2D eigenvalue weighted by Gasteiger charge is -2.05. The van der Waals surface area contributed by atoms with E-state index in [0.717, 1.165) is 0 Å². The highest BCUT2D eigenvalue weighted by Crippen LogP contribution is 2.15. The number of aliphatic hydroxyl groups is 2. The Bertz CT molecular complexity index is 219. The van der Waals surface area contributed by atoms with E-state index in [0.29, 0.717) is 12.8 Å². The summed E-state index contributed by atoms with van der Waals surface area (Å²) in [5.74, 6) is -0.994. The van der Waals surface area contributed by atoms with E-state index in [1.807, 2.05) is 0 Å². The van der Waals surface area contributed by atoms with Gasteiger partial charge in [-0.25, -0.2) is 0 Å². The Morgan fingerprint density at radius 2 is 1.00 bits per heavy atom. The van der Waals surface area contributed by atoms with Crippen LogP contribution in [0.1, 0.15) is 64.2 Å². The molecule has 1 aliphatic carbocycles. The maximum absolute atomic E-state index is 10.7. The smallest absolute Gasteiger partial charge is 0.307 e. The van der Waals surface area contributed by atoms with Gasteiger partial charge in [0.05, 0.1) is 0 Å². The van der Waals surface area contributed by atoms with Crippen LogP contribution in [0.3, 0.4) is 0 Å². The number of rotatable bonds is 7. The van der Waals surface area contributed by atoms with Crippen molar-refractivity contribution in [3.8, 4) is 0 Å². The van der Waals surface area contributed by atoms with Crippen LogP contribution in [0.2, 0.25) is 0 Å². The molecule has 0 bridgehead atoms. The van der Waals surface area contributed by atoms with Gasteiger partial charge in [0.2, 0.25) is 0 Å². The van der Waals surface area contributed by atoms with Crippen LogP contribution in [-0.2, 0) is 19.1 Å². The van der Waals surface area contributed by atoms with Crippen molar-refractivity contribution in [1.82, 2.24) is 0 Å². The van der Waals surface area contributed by atoms with Crippen LogP contribution in [0.25, 0.3) is 0 Å². The van der Waals surface area contributed by atoms with Gasteiger partial charge in [-0.2, -0.15) is 0 Å². The molecule has 0 heterocycles. The molecule has 0 unspecified atom stereocenters. The SMILES string of the molecule is C1CCCCC1.O=C(CCCCC(=O)OCO)OCO. The average Bonchev–Trinajstić information content (AvgIpc) is 2.47. The normalized spacial score (nSPS) is 13.9. The second-order valence-electron chi connectivity index (χ2n) is 4.62. The minimum absolute atomic E-state index is 0.160. The minimum Gasteiger partial charge on any atom is -0.439 e. The minimum atomic E-state index is -0.620. The van der Waals surface area contributed by atoms with E-state index in [1.165, 1.54) is 38.5 Å². The van der Waals surface area contributed by atoms with Crippen molar-refractivity contribution in [3.05, 3.63) is 0 Å². The lowest BCUT2D eigenvalue weighted by molar-refractivity contribution is -0.154. The van der Waals surface area contributed by atoms with Crippen LogP contribution in [0, 0.1) is 0 Å². The predicted octanol–water partition coefficient (Wildman–Crippen LogP) is 1.87. The zero-order valence-electron chi connectivity index (χ0n) is 12.0. The van der Waals surface area contributed by atoms with Gasteiger partial charge in [0.1, 0.15) is 0 Å². The number of hydrogen-bond donors (Lipinski definition) is 2. The number of hydrogen-bond acceptors (Lipinski definition) is 6. The van der Waals surface area contributed by atoms with Gasteiger partial charge in [-0.1, -0.05) is 38.5 Å². The van der Waals surface area contributed by atoms with Crippen LogP contribution in [0.5, 0.6) is 0 Å². The highest BCUT2D eigenvalue weighted by Gasteiger charge is 2.04. The molecule has 1 rings (SSSR count). The van der Waals surface area contributed by atoms with Crippen molar-refractivity contribution in [2.45, 2.75) is 64.2 Å². The zero-order valence-corrected chi connectivity index (χ0v) is 12.0. The van der Waals surface area contributed by atoms with Gasteiger partial charge < -0.3 is 19.7 Å². The van der Waals surface area contributed by atoms with E-state index < -0.39 is 25.5 Å². The maximum Gasteiger partial charge on any atom is 0.307 e. The Morgan fingerprint density at radius 1 is 0.700 bits per heavy atom. The first kappa shape index (κ1) is 18.9. The molecule has 0 amide bonds. The van der Waals surface area contributed by atoms with Gasteiger partial charge >= 0.3 is 11.9 Å². The molecular weight excluding hydrogens is 264 g/mol. The topological polar surface area (TPSA) is 93.1 Å². The molecule has 6 heteroatoms. The molecule has 0 radical (unpaired) electrons. The van der Waals surface area contributed by atoms with E-state index >= 15 is 0 Å². The molecule has 0 aromatic heterocycles. The molecule has 1 fully saturated rings. The highest BCUT2D eigenvalue weighted by molar-refractivity contribution is 5.70. The molecule has 0 atom stereocenters. The first-order valence-electron chi connectivity index (χ1n) is 7.23. The molecule has 0 aromatic carbocycles. The summed E-state index contributed by atoms with van der Waals surface area (Å²) in [4.78, 5) is 21.4. The van der Waals surface area contributed by atoms with Crippen molar-refractivity contribution in [2.75, 3.05) is 13.6 Å². The summed E-state index contributed by atoms with van der Waals surface area (Å²) < 4.78 is 8.51. The standard InChI is InChI=1S/C8H14O6.C6H12/c9-5-13-7(11)3-1-2-4-8(12)14-6-10;1-2-4-6-5-3-1/h9-10H,1-6H2;1-6H2. The number of esters is 2. The van der Waals surface area contributed by atoms with Crippen molar-refractivity contribution >= 4 is 11.9 Å². The lowest BCUT2D eigenvalue weighted by atomic mass is 10.0. The van der Waals surface area contributed by atoms with Crippen LogP contribution < -0.4 is 0 Å². The first-order valence-corrected chi connectivity index (χ1v) is 7.23. The van der Waals surface area contributed by atoms with Crippen LogP contribution in [0.15, 0.2) is 0 Å². The largest absolute Gasteiger partial charge is 0.439 e. The van der Waals surface area contributed by atoms with E-state index in [-0.39, 0.29) is 12.8 Å². The number of carbonyl (C=O) groups excluding carboxylic acids is 2. The Balaban J connectivity index is 0.000000493. The first-order chi connectivity index (χ1) is 9.70. The summed E-state index contributed by atoms with van der Waals surface area (Å²) in [7, 11) is 0. The van der Waals surface area contributed by atoms with E-state index in [4.69, 9.17) is 10.2 Å². The van der Waals surface area contributed by atoms with Crippen molar-refractivity contribution in [1.29, 1.82) is 0 Å². The van der Waals surface area contributed by atoms with E-state index in [1.54, 1.807) is 0 Å². The molecule has 2 N–H and O–H groups in total. The fourth-order valence-electron chi connectivity index (χ4n) is 1.89. The summed E-state index contributed by atoms with van der Waals surface area (Å²) >= 11 is 0. The monoisotopic (exact) mass is 290 g/mol. The zero-order chi connectivity index (χ0) is 15.1. The third kappa shape index (κ3) is 13.3. The molecule has 0 saturated heterocycles. The molecule has 0 aliphatic heterocycles. The average molecular weight is 290 g/mol. The predicted molar refractivity (Wildman–Crippen MR) is 72.5 cm³/mol. The molecule has 20 heavy (non-hydrogen) atoms. The van der Waals surface area contributed by atoms with E-state index in [9.17, 15) is 9.59 Å². The second kappa shape index (κ2) is 14.3. The molecule has 118 valence electrons. The molecular formula is C14H26O6. The van der Waals surface area contributed by atoms with Crippen molar-refractivity contribution < 1.29 is 29.3 Å². The number of ether oxygens (including phenoxy) is 2. The fourth-order valence-corrected chi connectivity index (χ4v) is 1.89. The Morgan fingerprint density at radius 3 is 1.25 bits per heavy atom. The molecule has 0 aromatic rings. The lowest BCUT2D eigenvalue weighted by Crippen LogP contribution is -2.07. The molecule has 6 nitrogen and oxygen atoms in total. The summed E-state index contributed by atoms with van der Waals surface area (Å²) in [5, 5.41) is 16.4. The summed E-state index contributed by atoms with van der Waals surface area (Å²) in [6.45, 7) is -1.24. The van der Waals surface area contributed by atoms with Gasteiger partial charge in [-0.15, -0.1) is 0 Å².